The minimum absolute atomic E-state index is 0.202. The van der Waals surface area contributed by atoms with Crippen LogP contribution in [0.25, 0.3) is 5.65 Å². The first-order chi connectivity index (χ1) is 9.22. The Morgan fingerprint density at radius 3 is 2.84 bits per heavy atom. The molecule has 0 radical (unpaired) electrons. The maximum Gasteiger partial charge on any atom is 0.160 e. The van der Waals surface area contributed by atoms with Gasteiger partial charge < -0.3 is 0 Å². The minimum Gasteiger partial charge on any atom is -0.285 e. The van der Waals surface area contributed by atoms with Crippen LogP contribution >= 0.6 is 15.9 Å². The van der Waals surface area contributed by atoms with Gasteiger partial charge in [0.2, 0.25) is 0 Å². The van der Waals surface area contributed by atoms with Crippen molar-refractivity contribution in [1.82, 2.24) is 14.6 Å². The SMILES string of the molecule is Fc1cccc(CCc2nnc3ccc(Br)cn23)c1. The van der Waals surface area contributed by atoms with E-state index in [2.05, 4.69) is 26.1 Å². The summed E-state index contributed by atoms with van der Waals surface area (Å²) >= 11 is 3.43. The van der Waals surface area contributed by atoms with E-state index < -0.39 is 0 Å². The fraction of sp³-hybridized carbons (Fsp3) is 0.143. The highest BCUT2D eigenvalue weighted by Crippen LogP contribution is 2.14. The number of halogens is 2. The van der Waals surface area contributed by atoms with Crippen molar-refractivity contribution in [2.45, 2.75) is 12.8 Å². The van der Waals surface area contributed by atoms with Crippen LogP contribution in [0.15, 0.2) is 47.1 Å². The van der Waals surface area contributed by atoms with Crippen LogP contribution in [0, 0.1) is 5.82 Å². The third kappa shape index (κ3) is 2.66. The zero-order valence-corrected chi connectivity index (χ0v) is 11.6. The summed E-state index contributed by atoms with van der Waals surface area (Å²) < 4.78 is 16.0. The zero-order valence-electron chi connectivity index (χ0n) is 10.1. The number of fused-ring (bicyclic) bond motifs is 1. The molecular formula is C14H11BrFN3. The Hall–Kier alpha value is -1.75. The molecule has 0 aliphatic carbocycles. The first kappa shape index (κ1) is 12.3. The van der Waals surface area contributed by atoms with Crippen LogP contribution in [-0.4, -0.2) is 14.6 Å². The van der Waals surface area contributed by atoms with Crippen molar-refractivity contribution >= 4 is 21.6 Å². The number of hydrogen-bond acceptors (Lipinski definition) is 2. The molecule has 3 rings (SSSR count). The Morgan fingerprint density at radius 2 is 2.00 bits per heavy atom. The predicted molar refractivity (Wildman–Crippen MR) is 74.5 cm³/mol. The van der Waals surface area contributed by atoms with Crippen molar-refractivity contribution in [1.29, 1.82) is 0 Å². The van der Waals surface area contributed by atoms with Gasteiger partial charge in [0.05, 0.1) is 0 Å². The first-order valence-corrected chi connectivity index (χ1v) is 6.75. The second-order valence-corrected chi connectivity index (χ2v) is 5.24. The molecule has 2 heterocycles. The molecule has 0 bridgehead atoms. The lowest BCUT2D eigenvalue weighted by Gasteiger charge is -2.01. The number of benzene rings is 1. The molecule has 0 aliphatic rings. The Balaban J connectivity index is 1.84. The molecule has 0 saturated carbocycles. The summed E-state index contributed by atoms with van der Waals surface area (Å²) in [4.78, 5) is 0. The third-order valence-corrected chi connectivity index (χ3v) is 3.43. The summed E-state index contributed by atoms with van der Waals surface area (Å²) in [6.45, 7) is 0. The van der Waals surface area contributed by atoms with Crippen molar-refractivity contribution < 1.29 is 4.39 Å². The van der Waals surface area contributed by atoms with Crippen molar-refractivity contribution in [3.8, 4) is 0 Å². The number of rotatable bonds is 3. The number of aromatic nitrogens is 3. The number of pyridine rings is 1. The second-order valence-electron chi connectivity index (χ2n) is 4.32. The normalized spacial score (nSPS) is 11.1. The van der Waals surface area contributed by atoms with Gasteiger partial charge in [-0.2, -0.15) is 0 Å². The third-order valence-electron chi connectivity index (χ3n) is 2.96. The van der Waals surface area contributed by atoms with Gasteiger partial charge in [0.1, 0.15) is 11.6 Å². The molecule has 19 heavy (non-hydrogen) atoms. The van der Waals surface area contributed by atoms with E-state index in [-0.39, 0.29) is 5.82 Å². The zero-order chi connectivity index (χ0) is 13.2. The van der Waals surface area contributed by atoms with E-state index in [9.17, 15) is 4.39 Å². The Kier molecular flexibility index (Phi) is 3.29. The van der Waals surface area contributed by atoms with Gasteiger partial charge in [0.25, 0.3) is 0 Å². The van der Waals surface area contributed by atoms with E-state index in [1.165, 1.54) is 6.07 Å². The maximum atomic E-state index is 13.1. The van der Waals surface area contributed by atoms with Crippen LogP contribution in [0.5, 0.6) is 0 Å². The molecule has 0 unspecified atom stereocenters. The maximum absolute atomic E-state index is 13.1. The molecule has 0 fully saturated rings. The Morgan fingerprint density at radius 1 is 1.11 bits per heavy atom. The van der Waals surface area contributed by atoms with Gasteiger partial charge in [-0.25, -0.2) is 4.39 Å². The quantitative estimate of drug-likeness (QED) is 0.740. The van der Waals surface area contributed by atoms with Crippen molar-refractivity contribution in [3.05, 3.63) is 64.3 Å². The first-order valence-electron chi connectivity index (χ1n) is 5.96. The number of hydrogen-bond donors (Lipinski definition) is 0. The van der Waals surface area contributed by atoms with Crippen LogP contribution < -0.4 is 0 Å². The lowest BCUT2D eigenvalue weighted by atomic mass is 10.1. The smallest absolute Gasteiger partial charge is 0.160 e. The molecule has 0 aliphatic heterocycles. The van der Waals surface area contributed by atoms with Crippen LogP contribution in [0.4, 0.5) is 4.39 Å². The molecule has 0 saturated heterocycles. The van der Waals surface area contributed by atoms with Gasteiger partial charge in [-0.15, -0.1) is 10.2 Å². The Labute approximate surface area is 118 Å². The standard InChI is InChI=1S/C14H11BrFN3/c15-11-5-7-14-18-17-13(19(14)9-11)6-4-10-2-1-3-12(16)8-10/h1-3,5,7-9H,4,6H2. The van der Waals surface area contributed by atoms with E-state index in [0.29, 0.717) is 0 Å². The van der Waals surface area contributed by atoms with E-state index >= 15 is 0 Å². The van der Waals surface area contributed by atoms with Gasteiger partial charge >= 0.3 is 0 Å². The molecule has 0 amide bonds. The highest BCUT2D eigenvalue weighted by molar-refractivity contribution is 9.10. The highest BCUT2D eigenvalue weighted by Gasteiger charge is 2.06. The molecular weight excluding hydrogens is 309 g/mol. The van der Waals surface area contributed by atoms with Crippen LogP contribution in [0.2, 0.25) is 0 Å². The van der Waals surface area contributed by atoms with E-state index in [4.69, 9.17) is 0 Å². The molecule has 2 aromatic heterocycles. The summed E-state index contributed by atoms with van der Waals surface area (Å²) in [5.74, 6) is 0.673. The molecule has 1 aromatic carbocycles. The Bertz CT molecular complexity index is 724. The van der Waals surface area contributed by atoms with Crippen molar-refractivity contribution in [2.24, 2.45) is 0 Å². The molecule has 96 valence electrons. The summed E-state index contributed by atoms with van der Waals surface area (Å²) in [6, 6.07) is 10.5. The van der Waals surface area contributed by atoms with Gasteiger partial charge in [-0.3, -0.25) is 4.40 Å². The lowest BCUT2D eigenvalue weighted by molar-refractivity contribution is 0.625. The largest absolute Gasteiger partial charge is 0.285 e. The van der Waals surface area contributed by atoms with Gasteiger partial charge in [-0.05, 0) is 52.2 Å². The molecule has 3 nitrogen and oxygen atoms in total. The van der Waals surface area contributed by atoms with Crippen molar-refractivity contribution in [2.75, 3.05) is 0 Å². The van der Waals surface area contributed by atoms with E-state index in [1.54, 1.807) is 12.1 Å². The fourth-order valence-corrected chi connectivity index (χ4v) is 2.37. The van der Waals surface area contributed by atoms with Crippen molar-refractivity contribution in [3.63, 3.8) is 0 Å². The summed E-state index contributed by atoms with van der Waals surface area (Å²) in [5.41, 5.74) is 1.78. The monoisotopic (exact) mass is 319 g/mol. The lowest BCUT2D eigenvalue weighted by Crippen LogP contribution is -1.98. The van der Waals surface area contributed by atoms with E-state index in [1.807, 2.05) is 28.8 Å². The van der Waals surface area contributed by atoms with Crippen LogP contribution in [0.1, 0.15) is 11.4 Å². The predicted octanol–water partition coefficient (Wildman–Crippen LogP) is 3.42. The topological polar surface area (TPSA) is 30.2 Å². The van der Waals surface area contributed by atoms with Gasteiger partial charge in [0.15, 0.2) is 5.65 Å². The number of nitrogens with zero attached hydrogens (tertiary/aromatic N) is 3. The average Bonchev–Trinajstić information content (AvgIpc) is 2.79. The van der Waals surface area contributed by atoms with E-state index in [0.717, 1.165) is 34.3 Å². The summed E-state index contributed by atoms with van der Waals surface area (Å²) in [6.07, 6.45) is 3.41. The summed E-state index contributed by atoms with van der Waals surface area (Å²) in [7, 11) is 0. The summed E-state index contributed by atoms with van der Waals surface area (Å²) in [5, 5.41) is 8.28. The fourth-order valence-electron chi connectivity index (χ4n) is 2.03. The average molecular weight is 320 g/mol. The van der Waals surface area contributed by atoms with Gasteiger partial charge in [-0.1, -0.05) is 12.1 Å². The molecule has 3 aromatic rings. The highest BCUT2D eigenvalue weighted by atomic mass is 79.9. The van der Waals surface area contributed by atoms with Gasteiger partial charge in [0, 0.05) is 17.1 Å². The van der Waals surface area contributed by atoms with Crippen LogP contribution in [-0.2, 0) is 12.8 Å². The van der Waals surface area contributed by atoms with Crippen LogP contribution in [0.3, 0.4) is 0 Å². The molecule has 5 heteroatoms. The molecule has 0 atom stereocenters. The second kappa shape index (κ2) is 5.09. The molecule has 0 N–H and O–H groups in total. The number of aryl methyl sites for hydroxylation is 2. The minimum atomic E-state index is -0.202. The molecule has 0 spiro atoms.